The smallest absolute Gasteiger partial charge is 0.269 e. The molecule has 20 heavy (non-hydrogen) atoms. The Hall–Kier alpha value is -0.990. The van der Waals surface area contributed by atoms with E-state index in [0.29, 0.717) is 0 Å². The monoisotopic (exact) mass is 402 g/mol. The molecular formula is C14H15IN2O2S. The van der Waals surface area contributed by atoms with E-state index < -0.39 is 0 Å². The van der Waals surface area contributed by atoms with Crippen LogP contribution >= 0.6 is 33.9 Å². The fraction of sp³-hybridized carbons (Fsp3) is 0.286. The van der Waals surface area contributed by atoms with Crippen LogP contribution in [0.25, 0.3) is 0 Å². The Morgan fingerprint density at radius 1 is 1.40 bits per heavy atom. The van der Waals surface area contributed by atoms with Crippen molar-refractivity contribution >= 4 is 39.6 Å². The van der Waals surface area contributed by atoms with Gasteiger partial charge in [0.15, 0.2) is 0 Å². The molecule has 106 valence electrons. The zero-order valence-corrected chi connectivity index (χ0v) is 14.0. The van der Waals surface area contributed by atoms with Gasteiger partial charge < -0.3 is 5.32 Å². The predicted octanol–water partition coefficient (Wildman–Crippen LogP) is 4.15. The third-order valence-electron chi connectivity index (χ3n) is 3.03. The minimum atomic E-state index is -0.368. The summed E-state index contributed by atoms with van der Waals surface area (Å²) in [7, 11) is 0. The first kappa shape index (κ1) is 15.4. The SMILES string of the molecule is CCNC(Cc1ccc([N+](=O)[O-])cc1)c1csc(I)c1. The summed E-state index contributed by atoms with van der Waals surface area (Å²) in [6.45, 7) is 2.98. The number of hydrogen-bond donors (Lipinski definition) is 1. The highest BCUT2D eigenvalue weighted by Gasteiger charge is 2.13. The Morgan fingerprint density at radius 2 is 2.10 bits per heavy atom. The quantitative estimate of drug-likeness (QED) is 0.449. The van der Waals surface area contributed by atoms with Crippen molar-refractivity contribution in [2.24, 2.45) is 0 Å². The maximum absolute atomic E-state index is 10.7. The van der Waals surface area contributed by atoms with Gasteiger partial charge in [-0.15, -0.1) is 11.3 Å². The molecule has 1 N–H and O–H groups in total. The molecule has 2 aromatic rings. The molecule has 1 unspecified atom stereocenters. The number of nitro groups is 1. The zero-order valence-electron chi connectivity index (χ0n) is 11.0. The summed E-state index contributed by atoms with van der Waals surface area (Å²) in [5.41, 5.74) is 2.51. The van der Waals surface area contributed by atoms with Crippen molar-refractivity contribution in [2.75, 3.05) is 6.54 Å². The number of hydrogen-bond acceptors (Lipinski definition) is 4. The topological polar surface area (TPSA) is 55.2 Å². The number of nitro benzene ring substituents is 1. The van der Waals surface area contributed by atoms with Crippen LogP contribution in [0.15, 0.2) is 35.7 Å². The second-order valence-corrected chi connectivity index (χ2v) is 7.23. The Kier molecular flexibility index (Phi) is 5.50. The van der Waals surface area contributed by atoms with E-state index in [0.717, 1.165) is 18.5 Å². The van der Waals surface area contributed by atoms with Crippen LogP contribution in [0.1, 0.15) is 24.1 Å². The molecule has 2 rings (SSSR count). The number of rotatable bonds is 6. The second kappa shape index (κ2) is 7.14. The van der Waals surface area contributed by atoms with Crippen LogP contribution in [0, 0.1) is 13.0 Å². The number of thiophene rings is 1. The zero-order chi connectivity index (χ0) is 14.5. The molecule has 0 aliphatic rings. The van der Waals surface area contributed by atoms with Gasteiger partial charge in [0.25, 0.3) is 5.69 Å². The van der Waals surface area contributed by atoms with E-state index in [1.54, 1.807) is 23.5 Å². The first-order chi connectivity index (χ1) is 9.60. The van der Waals surface area contributed by atoms with Crippen LogP contribution in [-0.2, 0) is 6.42 Å². The van der Waals surface area contributed by atoms with Crippen LogP contribution in [0.4, 0.5) is 5.69 Å². The number of nitrogens with one attached hydrogen (secondary N) is 1. The number of non-ortho nitro benzene ring substituents is 1. The fourth-order valence-corrected chi connectivity index (χ4v) is 3.48. The van der Waals surface area contributed by atoms with Crippen LogP contribution in [0.2, 0.25) is 0 Å². The molecule has 1 atom stereocenters. The van der Waals surface area contributed by atoms with Gasteiger partial charge in [-0.1, -0.05) is 19.1 Å². The minimum Gasteiger partial charge on any atom is -0.310 e. The molecule has 0 aliphatic heterocycles. The van der Waals surface area contributed by atoms with E-state index in [1.165, 1.54) is 8.45 Å². The predicted molar refractivity (Wildman–Crippen MR) is 90.3 cm³/mol. The Labute approximate surface area is 135 Å². The summed E-state index contributed by atoms with van der Waals surface area (Å²) in [6.07, 6.45) is 0.832. The first-order valence-electron chi connectivity index (χ1n) is 6.30. The average Bonchev–Trinajstić information content (AvgIpc) is 2.85. The number of nitrogens with zero attached hydrogens (tertiary/aromatic N) is 1. The molecule has 0 saturated carbocycles. The van der Waals surface area contributed by atoms with E-state index in [1.807, 2.05) is 12.1 Å². The highest BCUT2D eigenvalue weighted by Crippen LogP contribution is 2.25. The average molecular weight is 402 g/mol. The lowest BCUT2D eigenvalue weighted by Gasteiger charge is -2.16. The maximum Gasteiger partial charge on any atom is 0.269 e. The van der Waals surface area contributed by atoms with Gasteiger partial charge >= 0.3 is 0 Å². The molecular weight excluding hydrogens is 387 g/mol. The molecule has 0 saturated heterocycles. The van der Waals surface area contributed by atoms with E-state index in [-0.39, 0.29) is 16.7 Å². The molecule has 4 nitrogen and oxygen atoms in total. The highest BCUT2D eigenvalue weighted by molar-refractivity contribution is 14.1. The lowest BCUT2D eigenvalue weighted by Crippen LogP contribution is -2.22. The van der Waals surface area contributed by atoms with Crippen molar-refractivity contribution in [3.05, 3.63) is 59.8 Å². The van der Waals surface area contributed by atoms with Crippen molar-refractivity contribution in [3.8, 4) is 0 Å². The van der Waals surface area contributed by atoms with E-state index in [9.17, 15) is 10.1 Å². The lowest BCUT2D eigenvalue weighted by atomic mass is 10.0. The Bertz CT molecular complexity index is 583. The van der Waals surface area contributed by atoms with Crippen molar-refractivity contribution in [3.63, 3.8) is 0 Å². The van der Waals surface area contributed by atoms with Gasteiger partial charge in [-0.2, -0.15) is 0 Å². The summed E-state index contributed by atoms with van der Waals surface area (Å²) in [6, 6.07) is 9.23. The summed E-state index contributed by atoms with van der Waals surface area (Å²) < 4.78 is 1.27. The first-order valence-corrected chi connectivity index (χ1v) is 8.26. The van der Waals surface area contributed by atoms with Crippen molar-refractivity contribution in [1.82, 2.24) is 5.32 Å². The van der Waals surface area contributed by atoms with Crippen LogP contribution in [-0.4, -0.2) is 11.5 Å². The molecule has 1 heterocycles. The largest absolute Gasteiger partial charge is 0.310 e. The van der Waals surface area contributed by atoms with E-state index in [2.05, 4.69) is 46.3 Å². The molecule has 6 heteroatoms. The third-order valence-corrected chi connectivity index (χ3v) is 4.83. The van der Waals surface area contributed by atoms with Gasteiger partial charge in [-0.25, -0.2) is 0 Å². The van der Waals surface area contributed by atoms with E-state index >= 15 is 0 Å². The molecule has 0 aliphatic carbocycles. The standard InChI is InChI=1S/C14H15IN2O2S/c1-2-16-13(11-8-14(15)20-9-11)7-10-3-5-12(6-4-10)17(18)19/h3-6,8-9,13,16H,2,7H2,1H3. The van der Waals surface area contributed by atoms with Gasteiger partial charge in [-0.3, -0.25) is 10.1 Å². The third kappa shape index (κ3) is 4.00. The second-order valence-electron chi connectivity index (χ2n) is 4.42. The van der Waals surface area contributed by atoms with Crippen LogP contribution in [0.3, 0.4) is 0 Å². The summed E-state index contributed by atoms with van der Waals surface area (Å²) in [5, 5.41) is 16.3. The maximum atomic E-state index is 10.7. The van der Waals surface area contributed by atoms with Crippen molar-refractivity contribution in [2.45, 2.75) is 19.4 Å². The van der Waals surface area contributed by atoms with Gasteiger partial charge in [0.1, 0.15) is 0 Å². The normalized spacial score (nSPS) is 12.3. The Balaban J connectivity index is 2.13. The van der Waals surface area contributed by atoms with Gasteiger partial charge in [0.2, 0.25) is 0 Å². The van der Waals surface area contributed by atoms with Crippen molar-refractivity contribution < 1.29 is 4.92 Å². The number of benzene rings is 1. The molecule has 0 bridgehead atoms. The summed E-state index contributed by atoms with van der Waals surface area (Å²) in [4.78, 5) is 10.3. The highest BCUT2D eigenvalue weighted by atomic mass is 127. The van der Waals surface area contributed by atoms with Gasteiger partial charge in [-0.05, 0) is 58.1 Å². The fourth-order valence-electron chi connectivity index (χ4n) is 2.05. The van der Waals surface area contributed by atoms with E-state index in [4.69, 9.17) is 0 Å². The Morgan fingerprint density at radius 3 is 2.60 bits per heavy atom. The molecule has 0 radical (unpaired) electrons. The van der Waals surface area contributed by atoms with Crippen molar-refractivity contribution in [1.29, 1.82) is 0 Å². The van der Waals surface area contributed by atoms with Crippen LogP contribution < -0.4 is 5.32 Å². The van der Waals surface area contributed by atoms with Crippen LogP contribution in [0.5, 0.6) is 0 Å². The minimum absolute atomic E-state index is 0.138. The number of likely N-dealkylation sites (N-methyl/N-ethyl adjacent to an activating group) is 1. The number of halogens is 1. The molecule has 0 amide bonds. The summed E-state index contributed by atoms with van der Waals surface area (Å²) in [5.74, 6) is 0. The lowest BCUT2D eigenvalue weighted by molar-refractivity contribution is -0.384. The summed E-state index contributed by atoms with van der Waals surface area (Å²) >= 11 is 4.05. The van der Waals surface area contributed by atoms with Gasteiger partial charge in [0, 0.05) is 18.2 Å². The molecule has 0 fully saturated rings. The molecule has 1 aromatic heterocycles. The molecule has 1 aromatic carbocycles. The molecule has 0 spiro atoms. The van der Waals surface area contributed by atoms with Gasteiger partial charge in [0.05, 0.1) is 7.81 Å².